The van der Waals surface area contributed by atoms with Gasteiger partial charge >= 0.3 is 0 Å². The van der Waals surface area contributed by atoms with Crippen molar-refractivity contribution < 1.29 is 14.6 Å². The number of rotatable bonds is 7. The number of anilines is 1. The van der Waals surface area contributed by atoms with Crippen LogP contribution in [0.5, 0.6) is 5.75 Å². The molecule has 2 aromatic rings. The fourth-order valence-electron chi connectivity index (χ4n) is 1.91. The first-order valence-corrected chi connectivity index (χ1v) is 8.11. The van der Waals surface area contributed by atoms with Gasteiger partial charge in [-0.05, 0) is 31.2 Å². The Balaban J connectivity index is 1.87. The summed E-state index contributed by atoms with van der Waals surface area (Å²) in [5.41, 5.74) is 0.712. The molecule has 0 spiro atoms. The van der Waals surface area contributed by atoms with Gasteiger partial charge < -0.3 is 19.7 Å². The summed E-state index contributed by atoms with van der Waals surface area (Å²) in [5, 5.41) is 20.9. The predicted octanol–water partition coefficient (Wildman–Crippen LogP) is 1.48. The molecule has 1 aromatic carbocycles. The number of carbonyl (C=O) groups excluding carboxylic acids is 1. The van der Waals surface area contributed by atoms with Crippen LogP contribution < -0.4 is 10.1 Å². The van der Waals surface area contributed by atoms with E-state index in [1.54, 1.807) is 42.9 Å². The predicted molar refractivity (Wildman–Crippen MR) is 88.7 cm³/mol. The van der Waals surface area contributed by atoms with E-state index in [-0.39, 0.29) is 11.7 Å². The average molecular weight is 336 g/mol. The molecule has 0 fully saturated rings. The Morgan fingerprint density at radius 1 is 1.39 bits per heavy atom. The number of nitrogens with one attached hydrogen (secondary N) is 1. The van der Waals surface area contributed by atoms with Gasteiger partial charge in [0.2, 0.25) is 5.91 Å². The number of nitrogens with zero attached hydrogens (tertiary/aromatic N) is 3. The first-order chi connectivity index (χ1) is 11.0. The van der Waals surface area contributed by atoms with E-state index in [1.807, 2.05) is 7.05 Å². The zero-order valence-electron chi connectivity index (χ0n) is 13.3. The third-order valence-corrected chi connectivity index (χ3v) is 4.13. The zero-order valence-corrected chi connectivity index (χ0v) is 14.1. The van der Waals surface area contributed by atoms with E-state index in [1.165, 1.54) is 11.8 Å². The van der Waals surface area contributed by atoms with Crippen LogP contribution in [-0.4, -0.2) is 44.7 Å². The second kappa shape index (κ2) is 7.98. The van der Waals surface area contributed by atoms with Crippen molar-refractivity contribution in [3.63, 3.8) is 0 Å². The molecule has 0 aliphatic carbocycles. The Labute approximate surface area is 139 Å². The van der Waals surface area contributed by atoms with E-state index >= 15 is 0 Å². The molecule has 7 nitrogen and oxygen atoms in total. The molecule has 0 aliphatic heterocycles. The zero-order chi connectivity index (χ0) is 16.8. The lowest BCUT2D eigenvalue weighted by molar-refractivity contribution is -0.113. The maximum absolute atomic E-state index is 12.0. The number of aliphatic hydroxyl groups is 1. The summed E-state index contributed by atoms with van der Waals surface area (Å²) in [6.07, 6.45) is -0.0450. The molecule has 1 amide bonds. The molecule has 1 aromatic heterocycles. The van der Waals surface area contributed by atoms with Crippen LogP contribution in [0.4, 0.5) is 5.69 Å². The topological polar surface area (TPSA) is 89.3 Å². The van der Waals surface area contributed by atoms with Gasteiger partial charge in [-0.3, -0.25) is 4.79 Å². The van der Waals surface area contributed by atoms with Crippen LogP contribution in [0.3, 0.4) is 0 Å². The van der Waals surface area contributed by atoms with Crippen molar-refractivity contribution in [1.82, 2.24) is 14.8 Å². The number of ether oxygens (including phenoxy) is 1. The van der Waals surface area contributed by atoms with Crippen LogP contribution >= 0.6 is 11.8 Å². The van der Waals surface area contributed by atoms with Gasteiger partial charge in [-0.1, -0.05) is 11.8 Å². The van der Waals surface area contributed by atoms with E-state index in [2.05, 4.69) is 15.5 Å². The van der Waals surface area contributed by atoms with Crippen LogP contribution in [0.15, 0.2) is 29.4 Å². The van der Waals surface area contributed by atoms with Crippen molar-refractivity contribution in [1.29, 1.82) is 0 Å². The van der Waals surface area contributed by atoms with E-state index in [0.29, 0.717) is 23.1 Å². The summed E-state index contributed by atoms with van der Waals surface area (Å²) >= 11 is 1.30. The highest BCUT2D eigenvalue weighted by Crippen LogP contribution is 2.18. The number of carbonyl (C=O) groups is 1. The van der Waals surface area contributed by atoms with Crippen molar-refractivity contribution >= 4 is 23.4 Å². The van der Waals surface area contributed by atoms with Crippen molar-refractivity contribution in [2.75, 3.05) is 18.2 Å². The normalized spacial score (nSPS) is 12.0. The molecule has 0 aliphatic rings. The summed E-state index contributed by atoms with van der Waals surface area (Å²) in [4.78, 5) is 12.0. The van der Waals surface area contributed by atoms with Crippen LogP contribution in [0, 0.1) is 0 Å². The highest BCUT2D eigenvalue weighted by molar-refractivity contribution is 7.99. The standard InChI is InChI=1S/C15H20N4O3S/c1-10(20)8-13-17-18-15(19(13)2)23-9-14(21)16-11-4-6-12(22-3)7-5-11/h4-7,10,20H,8-9H2,1-3H3,(H,16,21)/t10-/m0/s1. The highest BCUT2D eigenvalue weighted by atomic mass is 32.2. The minimum absolute atomic E-state index is 0.125. The molecule has 2 rings (SSSR count). The fourth-order valence-corrected chi connectivity index (χ4v) is 2.64. The molecule has 1 heterocycles. The van der Waals surface area contributed by atoms with Gasteiger partial charge in [0.1, 0.15) is 11.6 Å². The summed E-state index contributed by atoms with van der Waals surface area (Å²) in [7, 11) is 3.42. The Kier molecular flexibility index (Phi) is 6.00. The third kappa shape index (κ3) is 4.97. The molecule has 8 heteroatoms. The Bertz CT molecular complexity index is 655. The van der Waals surface area contributed by atoms with Crippen LogP contribution in [0.25, 0.3) is 0 Å². The highest BCUT2D eigenvalue weighted by Gasteiger charge is 2.13. The van der Waals surface area contributed by atoms with Gasteiger partial charge in [-0.15, -0.1) is 10.2 Å². The first kappa shape index (κ1) is 17.3. The molecule has 0 unspecified atom stereocenters. The quantitative estimate of drug-likeness (QED) is 0.745. The molecule has 1 atom stereocenters. The second-order valence-corrected chi connectivity index (χ2v) is 6.02. The fraction of sp³-hybridized carbons (Fsp3) is 0.400. The second-order valence-electron chi connectivity index (χ2n) is 5.08. The molecular weight excluding hydrogens is 316 g/mol. The van der Waals surface area contributed by atoms with E-state index in [0.717, 1.165) is 5.75 Å². The number of thioether (sulfide) groups is 1. The monoisotopic (exact) mass is 336 g/mol. The van der Waals surface area contributed by atoms with E-state index in [9.17, 15) is 9.90 Å². The Morgan fingerprint density at radius 2 is 2.09 bits per heavy atom. The summed E-state index contributed by atoms with van der Waals surface area (Å²) in [6.45, 7) is 1.70. The lowest BCUT2D eigenvalue weighted by Gasteiger charge is -2.07. The van der Waals surface area contributed by atoms with Crippen molar-refractivity contribution in [3.8, 4) is 5.75 Å². The van der Waals surface area contributed by atoms with Crippen LogP contribution in [0.2, 0.25) is 0 Å². The number of aromatic nitrogens is 3. The van der Waals surface area contributed by atoms with Gasteiger partial charge in [-0.2, -0.15) is 0 Å². The number of amides is 1. The van der Waals surface area contributed by atoms with Crippen molar-refractivity contribution in [2.45, 2.75) is 24.6 Å². The Hall–Kier alpha value is -2.06. The minimum atomic E-state index is -0.478. The van der Waals surface area contributed by atoms with E-state index in [4.69, 9.17) is 4.74 Å². The lowest BCUT2D eigenvalue weighted by Crippen LogP contribution is -2.14. The third-order valence-electron chi connectivity index (χ3n) is 3.11. The smallest absolute Gasteiger partial charge is 0.234 e. The molecule has 0 saturated carbocycles. The van der Waals surface area contributed by atoms with Crippen molar-refractivity contribution in [2.24, 2.45) is 7.05 Å². The van der Waals surface area contributed by atoms with Gasteiger partial charge in [-0.25, -0.2) is 0 Å². The number of hydrogen-bond acceptors (Lipinski definition) is 6. The lowest BCUT2D eigenvalue weighted by atomic mass is 10.3. The maximum atomic E-state index is 12.0. The summed E-state index contributed by atoms with van der Waals surface area (Å²) in [6, 6.07) is 7.14. The maximum Gasteiger partial charge on any atom is 0.234 e. The van der Waals surface area contributed by atoms with Crippen LogP contribution in [0.1, 0.15) is 12.7 Å². The van der Waals surface area contributed by atoms with Gasteiger partial charge in [0, 0.05) is 19.2 Å². The number of aliphatic hydroxyl groups excluding tert-OH is 1. The van der Waals surface area contributed by atoms with Gasteiger partial charge in [0.25, 0.3) is 0 Å². The summed E-state index contributed by atoms with van der Waals surface area (Å²) < 4.78 is 6.86. The number of benzene rings is 1. The first-order valence-electron chi connectivity index (χ1n) is 7.12. The van der Waals surface area contributed by atoms with Gasteiger partial charge in [0.15, 0.2) is 5.16 Å². The Morgan fingerprint density at radius 3 is 2.70 bits per heavy atom. The minimum Gasteiger partial charge on any atom is -0.497 e. The molecule has 23 heavy (non-hydrogen) atoms. The van der Waals surface area contributed by atoms with Gasteiger partial charge in [0.05, 0.1) is 19.0 Å². The summed E-state index contributed by atoms with van der Waals surface area (Å²) in [5.74, 6) is 1.53. The number of methoxy groups -OCH3 is 1. The molecule has 0 radical (unpaired) electrons. The van der Waals surface area contributed by atoms with E-state index < -0.39 is 6.10 Å². The van der Waals surface area contributed by atoms with Crippen LogP contribution in [-0.2, 0) is 18.3 Å². The number of hydrogen-bond donors (Lipinski definition) is 2. The molecule has 124 valence electrons. The SMILES string of the molecule is COc1ccc(NC(=O)CSc2nnc(C[C@H](C)O)n2C)cc1. The largest absolute Gasteiger partial charge is 0.497 e. The molecule has 0 bridgehead atoms. The molecule has 2 N–H and O–H groups in total. The molecular formula is C15H20N4O3S. The van der Waals surface area contributed by atoms with Crippen molar-refractivity contribution in [3.05, 3.63) is 30.1 Å². The molecule has 0 saturated heterocycles. The average Bonchev–Trinajstić information content (AvgIpc) is 2.86.